The van der Waals surface area contributed by atoms with Crippen LogP contribution in [0.3, 0.4) is 0 Å². The monoisotopic (exact) mass is 587 g/mol. The maximum Gasteiger partial charge on any atom is 0.123 e. The smallest absolute Gasteiger partial charge is 0.123 e. The van der Waals surface area contributed by atoms with Crippen molar-refractivity contribution in [3.05, 3.63) is 144 Å². The van der Waals surface area contributed by atoms with Crippen LogP contribution in [-0.2, 0) is 0 Å². The zero-order valence-corrected chi connectivity index (χ0v) is 24.7. The molecule has 0 atom stereocenters. The Morgan fingerprint density at radius 2 is 0.930 bits per heavy atom. The zero-order valence-electron chi connectivity index (χ0n) is 23.1. The first-order valence-electron chi connectivity index (χ1n) is 14.1. The Balaban J connectivity index is 1.36. The first-order valence-corrected chi connectivity index (χ1v) is 15.9. The van der Waals surface area contributed by atoms with E-state index in [0.29, 0.717) is 0 Å². The first-order chi connectivity index (χ1) is 21.3. The molecule has 0 fully saturated rings. The number of thiazole rings is 2. The van der Waals surface area contributed by atoms with Gasteiger partial charge in [-0.15, -0.1) is 22.7 Å². The Morgan fingerprint density at radius 1 is 0.419 bits per heavy atom. The number of fused-ring (bicyclic) bond motifs is 2. The van der Waals surface area contributed by atoms with Gasteiger partial charge >= 0.3 is 0 Å². The number of benzene rings is 6. The lowest BCUT2D eigenvalue weighted by molar-refractivity contribution is 1.41. The van der Waals surface area contributed by atoms with Gasteiger partial charge in [0.1, 0.15) is 10.0 Å². The first kappa shape index (κ1) is 25.6. The quantitative estimate of drug-likeness (QED) is 0.197. The molecule has 0 saturated heterocycles. The van der Waals surface area contributed by atoms with Crippen LogP contribution in [-0.4, -0.2) is 9.97 Å². The molecular formula is C38H25N3S2. The van der Waals surface area contributed by atoms with Crippen molar-refractivity contribution >= 4 is 55.6 Å². The largest absolute Gasteiger partial charge is 0.355 e. The van der Waals surface area contributed by atoms with Gasteiger partial charge in [0.15, 0.2) is 0 Å². The lowest BCUT2D eigenvalue weighted by Gasteiger charge is -2.19. The van der Waals surface area contributed by atoms with Gasteiger partial charge in [-0.05, 0) is 74.1 Å². The fourth-order valence-corrected chi connectivity index (χ4v) is 7.21. The van der Waals surface area contributed by atoms with Crippen molar-refractivity contribution in [2.75, 3.05) is 5.32 Å². The third-order valence-corrected chi connectivity index (χ3v) is 9.37. The zero-order chi connectivity index (χ0) is 28.6. The second-order valence-electron chi connectivity index (χ2n) is 10.4. The highest BCUT2D eigenvalue weighted by Gasteiger charge is 2.18. The number of hydrogen-bond acceptors (Lipinski definition) is 5. The van der Waals surface area contributed by atoms with Gasteiger partial charge in [0.05, 0.1) is 0 Å². The summed E-state index contributed by atoms with van der Waals surface area (Å²) in [5.41, 5.74) is 9.09. The Hall–Kier alpha value is -5.10. The Labute approximate surface area is 257 Å². The minimum absolute atomic E-state index is 0.996. The molecule has 6 aromatic carbocycles. The molecule has 0 amide bonds. The molecule has 1 N–H and O–H groups in total. The summed E-state index contributed by atoms with van der Waals surface area (Å²) in [6.07, 6.45) is 3.72. The number of nitrogens with one attached hydrogen (secondary N) is 1. The van der Waals surface area contributed by atoms with Crippen LogP contribution >= 0.6 is 22.7 Å². The van der Waals surface area contributed by atoms with Crippen LogP contribution in [0.4, 0.5) is 11.4 Å². The molecule has 0 radical (unpaired) electrons. The second-order valence-corrected chi connectivity index (χ2v) is 12.2. The fraction of sp³-hybridized carbons (Fsp3) is 0. The van der Waals surface area contributed by atoms with Gasteiger partial charge in [0, 0.05) is 45.7 Å². The Bertz CT molecular complexity index is 2150. The molecule has 2 heterocycles. The van der Waals surface area contributed by atoms with Crippen molar-refractivity contribution < 1.29 is 0 Å². The molecule has 0 spiro atoms. The molecule has 0 bridgehead atoms. The molecule has 8 rings (SSSR count). The third-order valence-electron chi connectivity index (χ3n) is 7.73. The van der Waals surface area contributed by atoms with E-state index >= 15 is 0 Å². The number of anilines is 2. The summed E-state index contributed by atoms with van der Waals surface area (Å²) in [4.78, 5) is 9.19. The van der Waals surface area contributed by atoms with E-state index in [4.69, 9.17) is 0 Å². The highest BCUT2D eigenvalue weighted by molar-refractivity contribution is 7.13. The minimum atomic E-state index is 0.996. The van der Waals surface area contributed by atoms with Gasteiger partial charge in [-0.1, -0.05) is 91.0 Å². The minimum Gasteiger partial charge on any atom is -0.355 e. The number of hydrogen-bond donors (Lipinski definition) is 1. The van der Waals surface area contributed by atoms with Crippen LogP contribution in [0.15, 0.2) is 144 Å². The summed E-state index contributed by atoms with van der Waals surface area (Å²) >= 11 is 3.30. The van der Waals surface area contributed by atoms with E-state index in [0.717, 1.165) is 38.1 Å². The topological polar surface area (TPSA) is 37.8 Å². The SMILES string of the molecule is c1ccc(-c2c3ccccc3c(-c3cc(Nc4cccc(-c5nccs5)c4)cc(-c4nccs4)c3)c3ccccc23)cc1. The van der Waals surface area contributed by atoms with Gasteiger partial charge < -0.3 is 5.32 Å². The van der Waals surface area contributed by atoms with Crippen LogP contribution < -0.4 is 5.32 Å². The lowest BCUT2D eigenvalue weighted by atomic mass is 9.85. The maximum absolute atomic E-state index is 4.68. The standard InChI is InChI=1S/C38H25N3S2/c1-2-9-25(10-3-1)35-31-13-4-6-15-33(31)36(34-16-7-5-14-32(34)35)27-21-28(38-40-18-20-43-38)24-30(23-27)41-29-12-8-11-26(22-29)37-39-17-19-42-37/h1-24,41H. The summed E-state index contributed by atoms with van der Waals surface area (Å²) in [6.45, 7) is 0. The molecular weight excluding hydrogens is 563 g/mol. The van der Waals surface area contributed by atoms with E-state index in [1.165, 1.54) is 38.2 Å². The van der Waals surface area contributed by atoms with Crippen LogP contribution in [0.1, 0.15) is 0 Å². The van der Waals surface area contributed by atoms with E-state index in [2.05, 4.69) is 137 Å². The van der Waals surface area contributed by atoms with Crippen molar-refractivity contribution in [3.63, 3.8) is 0 Å². The van der Waals surface area contributed by atoms with Crippen LogP contribution in [0.2, 0.25) is 0 Å². The molecule has 43 heavy (non-hydrogen) atoms. The van der Waals surface area contributed by atoms with Gasteiger partial charge in [0.2, 0.25) is 0 Å². The summed E-state index contributed by atoms with van der Waals surface area (Å²) in [7, 11) is 0. The van der Waals surface area contributed by atoms with Crippen LogP contribution in [0.5, 0.6) is 0 Å². The van der Waals surface area contributed by atoms with Crippen molar-refractivity contribution in [1.29, 1.82) is 0 Å². The summed E-state index contributed by atoms with van der Waals surface area (Å²) < 4.78 is 0. The second kappa shape index (κ2) is 11.0. The average Bonchev–Trinajstić information content (AvgIpc) is 3.80. The molecule has 204 valence electrons. The van der Waals surface area contributed by atoms with E-state index in [-0.39, 0.29) is 0 Å². The normalized spacial score (nSPS) is 11.3. The van der Waals surface area contributed by atoms with E-state index < -0.39 is 0 Å². The molecule has 3 nitrogen and oxygen atoms in total. The highest BCUT2D eigenvalue weighted by Crippen LogP contribution is 2.45. The molecule has 0 unspecified atom stereocenters. The lowest BCUT2D eigenvalue weighted by Crippen LogP contribution is -1.95. The van der Waals surface area contributed by atoms with Gasteiger partial charge in [-0.3, -0.25) is 0 Å². The predicted octanol–water partition coefficient (Wildman–Crippen LogP) is 11.3. The number of nitrogens with zero attached hydrogens (tertiary/aromatic N) is 2. The molecule has 0 aliphatic rings. The van der Waals surface area contributed by atoms with Crippen molar-refractivity contribution in [2.24, 2.45) is 0 Å². The predicted molar refractivity (Wildman–Crippen MR) is 184 cm³/mol. The van der Waals surface area contributed by atoms with Crippen LogP contribution in [0.25, 0.3) is 64.9 Å². The molecule has 5 heteroatoms. The van der Waals surface area contributed by atoms with Crippen LogP contribution in [0, 0.1) is 0 Å². The number of rotatable bonds is 6. The van der Waals surface area contributed by atoms with Gasteiger partial charge in [-0.25, -0.2) is 9.97 Å². The van der Waals surface area contributed by atoms with Crippen molar-refractivity contribution in [1.82, 2.24) is 9.97 Å². The molecule has 0 aliphatic carbocycles. The van der Waals surface area contributed by atoms with Gasteiger partial charge in [-0.2, -0.15) is 0 Å². The average molecular weight is 588 g/mol. The summed E-state index contributed by atoms with van der Waals surface area (Å²) in [5, 5.41) is 14.7. The van der Waals surface area contributed by atoms with Crippen molar-refractivity contribution in [2.45, 2.75) is 0 Å². The van der Waals surface area contributed by atoms with E-state index in [1.54, 1.807) is 22.7 Å². The fourth-order valence-electron chi connectivity index (χ4n) is 5.95. The van der Waals surface area contributed by atoms with Gasteiger partial charge in [0.25, 0.3) is 0 Å². The molecule has 0 saturated carbocycles. The Morgan fingerprint density at radius 3 is 1.53 bits per heavy atom. The van der Waals surface area contributed by atoms with Crippen molar-refractivity contribution in [3.8, 4) is 43.4 Å². The highest BCUT2D eigenvalue weighted by atomic mass is 32.1. The summed E-state index contributed by atoms with van der Waals surface area (Å²) in [6, 6.07) is 43.5. The molecule has 8 aromatic rings. The van der Waals surface area contributed by atoms with E-state index in [9.17, 15) is 0 Å². The third kappa shape index (κ3) is 4.79. The molecule has 0 aliphatic heterocycles. The van der Waals surface area contributed by atoms with E-state index in [1.807, 2.05) is 23.2 Å². The number of aromatic nitrogens is 2. The Kier molecular flexibility index (Phi) is 6.52. The maximum atomic E-state index is 4.68. The summed E-state index contributed by atoms with van der Waals surface area (Å²) in [5.74, 6) is 0. The molecule has 2 aromatic heterocycles.